The average Bonchev–Trinajstić information content (AvgIpc) is 2.87. The van der Waals surface area contributed by atoms with Crippen molar-refractivity contribution < 1.29 is 14.4 Å². The minimum Gasteiger partial charge on any atom is -0.354 e. The standard InChI is InChI=1S/C20H24N2O3/c1-13-7-3-4-8-15(13)11-12-21-18(23)14(2)22-19(24)16-9-5-6-10-17(16)20(22)25/h3-8,14,16-17H,9-12H2,1-2H3,(H,21,23)/t14-,16?,17?/m1/s1. The van der Waals surface area contributed by atoms with E-state index in [0.717, 1.165) is 6.42 Å². The van der Waals surface area contributed by atoms with Crippen molar-refractivity contribution in [1.82, 2.24) is 10.2 Å². The molecule has 1 aliphatic heterocycles. The summed E-state index contributed by atoms with van der Waals surface area (Å²) < 4.78 is 0. The number of nitrogens with one attached hydrogen (secondary N) is 1. The summed E-state index contributed by atoms with van der Waals surface area (Å²) in [5, 5.41) is 2.86. The third-order valence-corrected chi connectivity index (χ3v) is 5.26. The first kappa shape index (κ1) is 17.4. The van der Waals surface area contributed by atoms with Crippen LogP contribution in [0.5, 0.6) is 0 Å². The van der Waals surface area contributed by atoms with Crippen LogP contribution in [0.15, 0.2) is 36.4 Å². The molecule has 1 N–H and O–H groups in total. The van der Waals surface area contributed by atoms with Crippen LogP contribution in [-0.2, 0) is 20.8 Å². The molecule has 3 amide bonds. The second kappa shape index (κ2) is 7.21. The second-order valence-corrected chi connectivity index (χ2v) is 6.85. The zero-order valence-electron chi connectivity index (χ0n) is 14.7. The zero-order valence-corrected chi connectivity index (χ0v) is 14.7. The fraction of sp³-hybridized carbons (Fsp3) is 0.450. The van der Waals surface area contributed by atoms with E-state index in [0.29, 0.717) is 19.4 Å². The Morgan fingerprint density at radius 1 is 1.16 bits per heavy atom. The Bertz CT molecular complexity index is 699. The highest BCUT2D eigenvalue weighted by atomic mass is 16.2. The smallest absolute Gasteiger partial charge is 0.243 e. The number of fused-ring (bicyclic) bond motifs is 1. The summed E-state index contributed by atoms with van der Waals surface area (Å²) in [6.45, 7) is 4.15. The third-order valence-electron chi connectivity index (χ3n) is 5.26. The molecule has 0 radical (unpaired) electrons. The molecule has 0 aromatic heterocycles. The summed E-state index contributed by atoms with van der Waals surface area (Å²) in [6.07, 6.45) is 5.80. The molecule has 3 atom stereocenters. The number of hydrogen-bond acceptors (Lipinski definition) is 3. The van der Waals surface area contributed by atoms with E-state index in [1.54, 1.807) is 6.92 Å². The first-order chi connectivity index (χ1) is 12.0. The molecule has 0 spiro atoms. The summed E-state index contributed by atoms with van der Waals surface area (Å²) in [4.78, 5) is 38.7. The first-order valence-corrected chi connectivity index (χ1v) is 8.85. The van der Waals surface area contributed by atoms with Gasteiger partial charge in [-0.05, 0) is 44.2 Å². The van der Waals surface area contributed by atoms with Gasteiger partial charge in [0.1, 0.15) is 6.04 Å². The van der Waals surface area contributed by atoms with Gasteiger partial charge in [0, 0.05) is 6.54 Å². The number of aryl methyl sites for hydroxylation is 1. The lowest BCUT2D eigenvalue weighted by atomic mass is 9.85. The Labute approximate surface area is 148 Å². The molecular formula is C20H24N2O3. The maximum atomic E-state index is 12.5. The lowest BCUT2D eigenvalue weighted by Crippen LogP contribution is -2.48. The zero-order chi connectivity index (χ0) is 18.0. The van der Waals surface area contributed by atoms with Crippen LogP contribution < -0.4 is 5.32 Å². The van der Waals surface area contributed by atoms with Crippen molar-refractivity contribution in [1.29, 1.82) is 0 Å². The van der Waals surface area contributed by atoms with Gasteiger partial charge in [0.2, 0.25) is 17.7 Å². The molecule has 1 saturated heterocycles. The predicted octanol–water partition coefficient (Wildman–Crippen LogP) is 1.99. The first-order valence-electron chi connectivity index (χ1n) is 8.85. The number of nitrogens with zero attached hydrogens (tertiary/aromatic N) is 1. The molecule has 1 aromatic carbocycles. The molecule has 1 aliphatic carbocycles. The minimum absolute atomic E-state index is 0.207. The topological polar surface area (TPSA) is 66.5 Å². The predicted molar refractivity (Wildman–Crippen MR) is 94.6 cm³/mol. The van der Waals surface area contributed by atoms with Gasteiger partial charge in [-0.2, -0.15) is 0 Å². The fourth-order valence-corrected chi connectivity index (χ4v) is 3.68. The number of imide groups is 1. The Hall–Kier alpha value is -2.43. The Balaban J connectivity index is 1.58. The number of carbonyl (C=O) groups is 3. The molecule has 132 valence electrons. The van der Waals surface area contributed by atoms with Gasteiger partial charge in [-0.25, -0.2) is 0 Å². The van der Waals surface area contributed by atoms with Gasteiger partial charge >= 0.3 is 0 Å². The van der Waals surface area contributed by atoms with Crippen LogP contribution in [0.3, 0.4) is 0 Å². The number of likely N-dealkylation sites (tertiary alicyclic amines) is 1. The van der Waals surface area contributed by atoms with Crippen molar-refractivity contribution in [3.63, 3.8) is 0 Å². The number of hydrogen-bond donors (Lipinski definition) is 1. The van der Waals surface area contributed by atoms with Crippen LogP contribution in [-0.4, -0.2) is 35.2 Å². The summed E-state index contributed by atoms with van der Waals surface area (Å²) in [5.74, 6) is -1.27. The molecule has 5 nitrogen and oxygen atoms in total. The van der Waals surface area contributed by atoms with Crippen LogP contribution in [0.4, 0.5) is 0 Å². The Kier molecular flexibility index (Phi) is 5.02. The molecule has 2 aliphatic rings. The molecular weight excluding hydrogens is 316 g/mol. The van der Waals surface area contributed by atoms with E-state index in [2.05, 4.69) is 5.32 Å². The van der Waals surface area contributed by atoms with Crippen molar-refractivity contribution in [2.24, 2.45) is 11.8 Å². The molecule has 3 rings (SSSR count). The number of allylic oxidation sites excluding steroid dienone is 2. The Morgan fingerprint density at radius 2 is 1.76 bits per heavy atom. The number of rotatable bonds is 5. The average molecular weight is 340 g/mol. The molecule has 1 fully saturated rings. The van der Waals surface area contributed by atoms with Gasteiger partial charge in [-0.3, -0.25) is 19.3 Å². The normalized spacial score (nSPS) is 23.5. The molecule has 0 bridgehead atoms. The maximum Gasteiger partial charge on any atom is 0.243 e. The highest BCUT2D eigenvalue weighted by molar-refractivity contribution is 6.08. The van der Waals surface area contributed by atoms with Gasteiger partial charge in [-0.1, -0.05) is 36.4 Å². The van der Waals surface area contributed by atoms with E-state index < -0.39 is 6.04 Å². The lowest BCUT2D eigenvalue weighted by molar-refractivity contribution is -0.147. The highest BCUT2D eigenvalue weighted by Gasteiger charge is 2.49. The molecule has 2 unspecified atom stereocenters. The van der Waals surface area contributed by atoms with Crippen LogP contribution in [0.25, 0.3) is 0 Å². The van der Waals surface area contributed by atoms with Gasteiger partial charge in [0.15, 0.2) is 0 Å². The van der Waals surface area contributed by atoms with Crippen molar-refractivity contribution in [3.05, 3.63) is 47.5 Å². The van der Waals surface area contributed by atoms with Crippen LogP contribution in [0.2, 0.25) is 0 Å². The molecule has 1 aromatic rings. The van der Waals surface area contributed by atoms with E-state index in [4.69, 9.17) is 0 Å². The molecule has 1 heterocycles. The van der Waals surface area contributed by atoms with E-state index in [-0.39, 0.29) is 29.6 Å². The maximum absolute atomic E-state index is 12.5. The highest BCUT2D eigenvalue weighted by Crippen LogP contribution is 2.36. The monoisotopic (exact) mass is 340 g/mol. The summed E-state index contributed by atoms with van der Waals surface area (Å²) in [6, 6.07) is 7.28. The SMILES string of the molecule is Cc1ccccc1CCNC(=O)[C@@H](C)N1C(=O)C2CC=CCC2C1=O. The van der Waals surface area contributed by atoms with Crippen molar-refractivity contribution in [2.45, 2.75) is 39.2 Å². The van der Waals surface area contributed by atoms with Gasteiger partial charge in [0.05, 0.1) is 11.8 Å². The van der Waals surface area contributed by atoms with E-state index in [1.165, 1.54) is 16.0 Å². The van der Waals surface area contributed by atoms with Crippen molar-refractivity contribution in [2.75, 3.05) is 6.54 Å². The summed E-state index contributed by atoms with van der Waals surface area (Å²) in [5.41, 5.74) is 2.37. The van der Waals surface area contributed by atoms with E-state index in [9.17, 15) is 14.4 Å². The number of benzene rings is 1. The second-order valence-electron chi connectivity index (χ2n) is 6.85. The van der Waals surface area contributed by atoms with Crippen LogP contribution >= 0.6 is 0 Å². The van der Waals surface area contributed by atoms with E-state index in [1.807, 2.05) is 43.3 Å². The summed E-state index contributed by atoms with van der Waals surface area (Å²) >= 11 is 0. The lowest BCUT2D eigenvalue weighted by Gasteiger charge is -2.22. The fourth-order valence-electron chi connectivity index (χ4n) is 3.68. The summed E-state index contributed by atoms with van der Waals surface area (Å²) in [7, 11) is 0. The quantitative estimate of drug-likeness (QED) is 0.658. The Morgan fingerprint density at radius 3 is 2.36 bits per heavy atom. The molecule has 0 saturated carbocycles. The minimum atomic E-state index is -0.762. The third kappa shape index (κ3) is 3.36. The molecule has 5 heteroatoms. The van der Waals surface area contributed by atoms with Crippen molar-refractivity contribution >= 4 is 17.7 Å². The number of amides is 3. The number of carbonyl (C=O) groups excluding carboxylic acids is 3. The van der Waals surface area contributed by atoms with Gasteiger partial charge in [0.25, 0.3) is 0 Å². The van der Waals surface area contributed by atoms with Crippen molar-refractivity contribution in [3.8, 4) is 0 Å². The van der Waals surface area contributed by atoms with Crippen LogP contribution in [0, 0.1) is 18.8 Å². The van der Waals surface area contributed by atoms with Crippen LogP contribution in [0.1, 0.15) is 30.9 Å². The van der Waals surface area contributed by atoms with E-state index >= 15 is 0 Å². The van der Waals surface area contributed by atoms with Gasteiger partial charge in [-0.15, -0.1) is 0 Å². The molecule has 25 heavy (non-hydrogen) atoms. The van der Waals surface area contributed by atoms with Gasteiger partial charge < -0.3 is 5.32 Å². The largest absolute Gasteiger partial charge is 0.354 e.